The molecule has 13 nitrogen and oxygen atoms in total. The summed E-state index contributed by atoms with van der Waals surface area (Å²) in [6, 6.07) is 10.4. The molecular formula is C33H41N7O6. The van der Waals surface area contributed by atoms with E-state index >= 15 is 0 Å². The topological polar surface area (TPSA) is 225 Å². The minimum Gasteiger partial charge on any atom is -0.480 e. The number of para-hydroxylation sites is 2. The molecule has 0 aliphatic rings. The van der Waals surface area contributed by atoms with Crippen molar-refractivity contribution in [1.29, 1.82) is 0 Å². The quantitative estimate of drug-likeness (QED) is 0.0911. The number of primary amides is 1. The van der Waals surface area contributed by atoms with Crippen LogP contribution in [0.4, 0.5) is 0 Å². The average Bonchev–Trinajstić information content (AvgIpc) is 3.64. The third-order valence-electron chi connectivity index (χ3n) is 8.27. The molecule has 5 atom stereocenters. The number of hydrogen-bond donors (Lipinski definition) is 8. The van der Waals surface area contributed by atoms with E-state index in [4.69, 9.17) is 11.5 Å². The van der Waals surface area contributed by atoms with Gasteiger partial charge in [-0.1, -0.05) is 56.7 Å². The van der Waals surface area contributed by atoms with Gasteiger partial charge < -0.3 is 42.5 Å². The van der Waals surface area contributed by atoms with Crippen molar-refractivity contribution in [2.24, 2.45) is 17.4 Å². The summed E-state index contributed by atoms with van der Waals surface area (Å²) in [4.78, 5) is 70.4. The van der Waals surface area contributed by atoms with Gasteiger partial charge in [0, 0.05) is 47.0 Å². The standard InChI is InChI=1S/C33H41N7O6/c1-3-18(2)29(33(45)46)40-31(43)26(12-13-28(35)41)38-32(44)27(15-20-17-37-25-11-7-5-9-22(20)25)39-30(42)23(34)14-19-16-36-24-10-6-4-8-21(19)24/h4-11,16-18,23,26-27,29,36-37H,3,12-15,34H2,1-2H3,(H2,35,41)(H,38,44)(H,39,42)(H,40,43)(H,45,46). The smallest absolute Gasteiger partial charge is 0.326 e. The molecule has 0 bridgehead atoms. The van der Waals surface area contributed by atoms with Crippen LogP contribution in [0.15, 0.2) is 60.9 Å². The SMILES string of the molecule is CCC(C)C(NC(=O)C(CCC(N)=O)NC(=O)C(Cc1c[nH]c2ccccc12)NC(=O)C(N)Cc1c[nH]c2ccccc12)C(=O)O. The molecule has 0 spiro atoms. The number of rotatable bonds is 16. The van der Waals surface area contributed by atoms with Crippen LogP contribution in [0, 0.1) is 5.92 Å². The molecule has 4 aromatic rings. The minimum absolute atomic E-state index is 0.0518. The maximum Gasteiger partial charge on any atom is 0.326 e. The molecule has 46 heavy (non-hydrogen) atoms. The van der Waals surface area contributed by atoms with Crippen LogP contribution >= 0.6 is 0 Å². The number of aliphatic carboxylic acids is 1. The molecule has 0 fully saturated rings. The zero-order chi connectivity index (χ0) is 33.4. The molecule has 10 N–H and O–H groups in total. The Morgan fingerprint density at radius 2 is 1.30 bits per heavy atom. The van der Waals surface area contributed by atoms with Crippen molar-refractivity contribution in [3.8, 4) is 0 Å². The number of fused-ring (bicyclic) bond motifs is 2. The molecule has 4 rings (SSSR count). The highest BCUT2D eigenvalue weighted by atomic mass is 16.4. The largest absolute Gasteiger partial charge is 0.480 e. The second kappa shape index (κ2) is 15.2. The summed E-state index contributed by atoms with van der Waals surface area (Å²) in [7, 11) is 0. The Balaban J connectivity index is 1.57. The van der Waals surface area contributed by atoms with Crippen LogP contribution in [0.25, 0.3) is 21.8 Å². The van der Waals surface area contributed by atoms with Gasteiger partial charge in [0.1, 0.15) is 18.1 Å². The molecule has 0 saturated heterocycles. The first-order chi connectivity index (χ1) is 22.0. The first kappa shape index (κ1) is 33.7. The first-order valence-corrected chi connectivity index (χ1v) is 15.3. The van der Waals surface area contributed by atoms with Crippen molar-refractivity contribution in [2.75, 3.05) is 0 Å². The molecule has 4 amide bonds. The zero-order valence-corrected chi connectivity index (χ0v) is 25.8. The Labute approximate surface area is 265 Å². The fraction of sp³-hybridized carbons (Fsp3) is 0.364. The van der Waals surface area contributed by atoms with Gasteiger partial charge in [-0.15, -0.1) is 0 Å². The molecule has 244 valence electrons. The summed E-state index contributed by atoms with van der Waals surface area (Å²) in [6.07, 6.45) is 3.85. The maximum atomic E-state index is 13.8. The lowest BCUT2D eigenvalue weighted by Crippen LogP contribution is -2.58. The predicted octanol–water partition coefficient (Wildman–Crippen LogP) is 1.61. The average molecular weight is 632 g/mol. The second-order valence-electron chi connectivity index (χ2n) is 11.6. The van der Waals surface area contributed by atoms with E-state index in [0.717, 1.165) is 32.9 Å². The van der Waals surface area contributed by atoms with Crippen molar-refractivity contribution in [2.45, 2.75) is 70.1 Å². The number of carbonyl (C=O) groups excluding carboxylic acids is 4. The molecule has 0 radical (unpaired) electrons. The number of carboxylic acid groups (broad SMARTS) is 1. The summed E-state index contributed by atoms with van der Waals surface area (Å²) in [5.74, 6) is -4.40. The van der Waals surface area contributed by atoms with Crippen LogP contribution < -0.4 is 27.4 Å². The lowest BCUT2D eigenvalue weighted by molar-refractivity contribution is -0.144. The fourth-order valence-electron chi connectivity index (χ4n) is 5.40. The number of hydrogen-bond acceptors (Lipinski definition) is 6. The highest BCUT2D eigenvalue weighted by molar-refractivity contribution is 5.95. The number of aromatic nitrogens is 2. The van der Waals surface area contributed by atoms with E-state index in [2.05, 4.69) is 25.9 Å². The van der Waals surface area contributed by atoms with Gasteiger partial charge in [0.25, 0.3) is 0 Å². The molecular weight excluding hydrogens is 590 g/mol. The van der Waals surface area contributed by atoms with E-state index in [1.54, 1.807) is 26.2 Å². The van der Waals surface area contributed by atoms with Crippen LogP contribution in [0.2, 0.25) is 0 Å². The number of nitrogens with one attached hydrogen (secondary N) is 5. The molecule has 5 unspecified atom stereocenters. The maximum absolute atomic E-state index is 13.8. The van der Waals surface area contributed by atoms with Gasteiger partial charge in [0.05, 0.1) is 6.04 Å². The third-order valence-corrected chi connectivity index (χ3v) is 8.27. The van der Waals surface area contributed by atoms with Crippen molar-refractivity contribution in [3.05, 3.63) is 72.1 Å². The number of aromatic amines is 2. The van der Waals surface area contributed by atoms with Gasteiger partial charge >= 0.3 is 5.97 Å². The Morgan fingerprint density at radius 3 is 1.85 bits per heavy atom. The highest BCUT2D eigenvalue weighted by Crippen LogP contribution is 2.21. The Morgan fingerprint density at radius 1 is 0.783 bits per heavy atom. The van der Waals surface area contributed by atoms with Crippen molar-refractivity contribution in [3.63, 3.8) is 0 Å². The normalized spacial score (nSPS) is 14.6. The highest BCUT2D eigenvalue weighted by Gasteiger charge is 2.32. The van der Waals surface area contributed by atoms with Gasteiger partial charge in [0.2, 0.25) is 23.6 Å². The molecule has 2 aromatic heterocycles. The molecule has 13 heteroatoms. The van der Waals surface area contributed by atoms with E-state index < -0.39 is 59.7 Å². The van der Waals surface area contributed by atoms with Gasteiger partial charge in [-0.2, -0.15) is 0 Å². The molecule has 2 aromatic carbocycles. The summed E-state index contributed by atoms with van der Waals surface area (Å²) < 4.78 is 0. The lowest BCUT2D eigenvalue weighted by atomic mass is 9.98. The summed E-state index contributed by atoms with van der Waals surface area (Å²) in [5, 5.41) is 19.3. The van der Waals surface area contributed by atoms with E-state index in [0.29, 0.717) is 6.42 Å². The molecule has 2 heterocycles. The number of carbonyl (C=O) groups is 5. The van der Waals surface area contributed by atoms with E-state index in [1.165, 1.54) is 0 Å². The van der Waals surface area contributed by atoms with Crippen molar-refractivity contribution < 1.29 is 29.1 Å². The summed E-state index contributed by atoms with van der Waals surface area (Å²) >= 11 is 0. The zero-order valence-electron chi connectivity index (χ0n) is 25.8. The van der Waals surface area contributed by atoms with Crippen molar-refractivity contribution >= 4 is 51.4 Å². The molecule has 0 aliphatic heterocycles. The Hall–Kier alpha value is -5.17. The summed E-state index contributed by atoms with van der Waals surface area (Å²) in [6.45, 7) is 3.47. The molecule has 0 aliphatic carbocycles. The van der Waals surface area contributed by atoms with Crippen molar-refractivity contribution in [1.82, 2.24) is 25.9 Å². The van der Waals surface area contributed by atoms with Gasteiger partial charge in [-0.25, -0.2) is 4.79 Å². The van der Waals surface area contributed by atoms with Gasteiger partial charge in [-0.05, 0) is 42.0 Å². The third kappa shape index (κ3) is 8.30. The second-order valence-corrected chi connectivity index (χ2v) is 11.6. The fourth-order valence-corrected chi connectivity index (χ4v) is 5.40. The minimum atomic E-state index is -1.30. The van der Waals surface area contributed by atoms with Crippen LogP contribution in [0.5, 0.6) is 0 Å². The first-order valence-electron chi connectivity index (χ1n) is 15.3. The van der Waals surface area contributed by atoms with E-state index in [-0.39, 0.29) is 25.7 Å². The number of carboxylic acids is 1. The van der Waals surface area contributed by atoms with Crippen LogP contribution in [-0.2, 0) is 36.8 Å². The van der Waals surface area contributed by atoms with E-state index in [9.17, 15) is 29.1 Å². The predicted molar refractivity (Wildman–Crippen MR) is 173 cm³/mol. The Bertz CT molecular complexity index is 1710. The van der Waals surface area contributed by atoms with Crippen LogP contribution in [0.1, 0.15) is 44.2 Å². The van der Waals surface area contributed by atoms with Gasteiger partial charge in [0.15, 0.2) is 0 Å². The van der Waals surface area contributed by atoms with Crippen LogP contribution in [-0.4, -0.2) is 68.8 Å². The van der Waals surface area contributed by atoms with Gasteiger partial charge in [-0.3, -0.25) is 19.2 Å². The van der Waals surface area contributed by atoms with Crippen LogP contribution in [0.3, 0.4) is 0 Å². The number of H-pyrrole nitrogens is 2. The Kier molecular flexibility index (Phi) is 11.2. The lowest BCUT2D eigenvalue weighted by Gasteiger charge is -2.26. The summed E-state index contributed by atoms with van der Waals surface area (Å²) in [5.41, 5.74) is 15.0. The van der Waals surface area contributed by atoms with E-state index in [1.807, 2.05) is 48.5 Å². The number of nitrogens with two attached hydrogens (primary N) is 2. The number of benzene rings is 2. The number of amides is 4. The molecule has 0 saturated carbocycles. The monoisotopic (exact) mass is 631 g/mol.